The lowest BCUT2D eigenvalue weighted by Gasteiger charge is -2.37. The van der Waals surface area contributed by atoms with Gasteiger partial charge in [-0.15, -0.1) is 0 Å². The van der Waals surface area contributed by atoms with E-state index in [9.17, 15) is 0 Å². The van der Waals surface area contributed by atoms with Gasteiger partial charge in [0.15, 0.2) is 23.8 Å². The van der Waals surface area contributed by atoms with Crippen LogP contribution in [0, 0.1) is 0 Å². The number of unbranched alkanes of at least 4 members (excludes halogenated alkanes) is 2. The fourth-order valence-electron chi connectivity index (χ4n) is 12.9. The molecular weight excluding hydrogens is 1210 g/mol. The number of fused-ring (bicyclic) bond motifs is 6. The van der Waals surface area contributed by atoms with Crippen LogP contribution >= 0.6 is 34.8 Å². The molecule has 17 heteroatoms. The first kappa shape index (κ1) is 64.3. The van der Waals surface area contributed by atoms with Crippen molar-refractivity contribution in [3.8, 4) is 17.4 Å². The van der Waals surface area contributed by atoms with E-state index in [4.69, 9.17) is 73.1 Å². The van der Waals surface area contributed by atoms with Gasteiger partial charge in [-0.3, -0.25) is 0 Å². The first-order chi connectivity index (χ1) is 44.8. The molecule has 6 aliphatic rings. The van der Waals surface area contributed by atoms with Gasteiger partial charge in [-0.2, -0.15) is 4.98 Å². The average molecular weight is 1290 g/mol. The second-order valence-electron chi connectivity index (χ2n) is 23.9. The van der Waals surface area contributed by atoms with Gasteiger partial charge >= 0.3 is 0 Å². The molecule has 8 aromatic rings. The van der Waals surface area contributed by atoms with Crippen molar-refractivity contribution in [1.29, 1.82) is 0 Å². The summed E-state index contributed by atoms with van der Waals surface area (Å²) < 4.78 is 42.4. The molecule has 6 aliphatic heterocycles. The summed E-state index contributed by atoms with van der Waals surface area (Å²) in [6.45, 7) is 8.19. The van der Waals surface area contributed by atoms with Gasteiger partial charge in [0.1, 0.15) is 16.7 Å². The number of aliphatic hydroxyl groups excluding tert-OH is 1. The molecule has 0 aliphatic carbocycles. The van der Waals surface area contributed by atoms with Gasteiger partial charge in [-0.05, 0) is 199 Å². The molecule has 0 amide bonds. The summed E-state index contributed by atoms with van der Waals surface area (Å²) in [5.41, 5.74) is 8.37. The van der Waals surface area contributed by atoms with Gasteiger partial charge in [-0.1, -0.05) is 96.5 Å². The Kier molecular flexibility index (Phi) is 22.0. The maximum absolute atomic E-state index is 8.52. The molecule has 8 heterocycles. The molecule has 14 rings (SSSR count). The third kappa shape index (κ3) is 15.5. The van der Waals surface area contributed by atoms with Crippen LogP contribution in [0.5, 0.6) is 17.4 Å². The Bertz CT molecular complexity index is 3710. The second kappa shape index (κ2) is 31.2. The van der Waals surface area contributed by atoms with Crippen LogP contribution in [-0.4, -0.2) is 103 Å². The number of piperidine rings is 2. The topological polar surface area (TPSA) is 143 Å². The van der Waals surface area contributed by atoms with Crippen molar-refractivity contribution in [1.82, 2.24) is 19.9 Å². The summed E-state index contributed by atoms with van der Waals surface area (Å²) in [5.74, 6) is 1.93. The molecule has 0 spiro atoms. The maximum Gasteiger partial charge on any atom is 0.226 e. The van der Waals surface area contributed by atoms with Crippen molar-refractivity contribution in [2.24, 2.45) is 0 Å². The third-order valence-electron chi connectivity index (χ3n) is 17.8. The number of aliphatic hydroxyl groups is 1. The van der Waals surface area contributed by atoms with E-state index in [1.807, 2.05) is 48.5 Å². The molecule has 0 radical (unpaired) electrons. The molecule has 6 aromatic carbocycles. The number of halogens is 3. The Labute approximate surface area is 549 Å². The number of hydrogen-bond acceptors (Lipinski definition) is 14. The monoisotopic (exact) mass is 1290 g/mol. The summed E-state index contributed by atoms with van der Waals surface area (Å²) in [6, 6.07) is 46.1. The molecule has 4 atom stereocenters. The lowest BCUT2D eigenvalue weighted by molar-refractivity contribution is -0.163. The van der Waals surface area contributed by atoms with Crippen LogP contribution in [0.25, 0.3) is 34.0 Å². The SMILES string of the molecule is Clc1nc(Cl)c2c3c(ccc2n1)OC(c1ccccc1)(c1ccc(N2CCCCC2)cc1)C=C3.Clc1nc(OCCCCOC2CCCCO2)c2c3c(ccc2n1)OC(c1ccccc1)(c1ccc(N2CCCCC2)cc1)C=C3.OCCCCOC1CCCCO1. The molecule has 91 heavy (non-hydrogen) atoms. The zero-order valence-electron chi connectivity index (χ0n) is 51.7. The van der Waals surface area contributed by atoms with Crippen molar-refractivity contribution >= 4 is 80.1 Å². The van der Waals surface area contributed by atoms with E-state index in [2.05, 4.69) is 139 Å². The lowest BCUT2D eigenvalue weighted by Crippen LogP contribution is -2.34. The summed E-state index contributed by atoms with van der Waals surface area (Å²) in [7, 11) is 0. The van der Waals surface area contributed by atoms with Gasteiger partial charge in [0.25, 0.3) is 0 Å². The third-order valence-corrected chi connectivity index (χ3v) is 18.4. The first-order valence-corrected chi connectivity index (χ1v) is 33.8. The number of ether oxygens (including phenoxy) is 7. The van der Waals surface area contributed by atoms with Crippen LogP contribution in [0.1, 0.15) is 136 Å². The number of anilines is 2. The zero-order valence-corrected chi connectivity index (χ0v) is 53.9. The molecule has 14 nitrogen and oxygen atoms in total. The number of benzene rings is 6. The van der Waals surface area contributed by atoms with Crippen molar-refractivity contribution in [2.45, 2.75) is 127 Å². The quantitative estimate of drug-likeness (QED) is 0.0494. The predicted octanol–water partition coefficient (Wildman–Crippen LogP) is 16.9. The molecule has 0 saturated carbocycles. The van der Waals surface area contributed by atoms with Gasteiger partial charge in [-0.25, -0.2) is 15.0 Å². The van der Waals surface area contributed by atoms with Gasteiger partial charge < -0.3 is 48.1 Å². The van der Waals surface area contributed by atoms with Crippen LogP contribution < -0.4 is 24.0 Å². The summed E-state index contributed by atoms with van der Waals surface area (Å²) in [6.07, 6.45) is 26.1. The van der Waals surface area contributed by atoms with Gasteiger partial charge in [0.05, 0.1) is 23.0 Å². The molecule has 4 unspecified atom stereocenters. The highest BCUT2D eigenvalue weighted by atomic mass is 35.5. The maximum atomic E-state index is 8.52. The molecule has 1 N–H and O–H groups in total. The molecule has 4 saturated heterocycles. The number of rotatable bonds is 18. The fraction of sp³-hybridized carbons (Fsp3) is 0.405. The normalized spacial score (nSPS) is 21.1. The molecular formula is C74H81Cl3N6O8. The Hall–Kier alpha value is -6.85. The smallest absolute Gasteiger partial charge is 0.226 e. The standard InChI is InChI=1S/C37H40ClN3O4.C28H23Cl2N3O.C9H18O3/c38-36-39-31-18-19-32-30(34(31)35(40-36)44-26-10-9-25-43-33-13-5-8-24-42-33)20-21-37(45-32,27-11-3-1-4-12-27)28-14-16-29(17-15-28)41-22-6-2-7-23-41;29-26-25-22-15-16-28(19-7-3-1-4-8-19,34-24(22)14-13-23(25)31-27(30)32-26)20-9-11-21(12-10-20)33-17-5-2-6-18-33;10-6-2-4-8-12-9-5-1-3-7-11-9/h1,3-4,11-12,14-21,33H,2,5-10,13,22-26H2;1,3-4,7-16H,2,5-6,17-18H2;9-10H,1-8H2. The minimum absolute atomic E-state index is 0.0254. The first-order valence-electron chi connectivity index (χ1n) is 32.7. The predicted molar refractivity (Wildman–Crippen MR) is 363 cm³/mol. The Morgan fingerprint density at radius 1 is 0.462 bits per heavy atom. The van der Waals surface area contributed by atoms with E-state index in [-0.39, 0.29) is 29.8 Å². The van der Waals surface area contributed by atoms with Crippen LogP contribution in [-0.2, 0) is 30.1 Å². The van der Waals surface area contributed by atoms with E-state index in [1.165, 1.54) is 56.3 Å². The van der Waals surface area contributed by atoms with Crippen molar-refractivity contribution in [2.75, 3.05) is 75.6 Å². The second-order valence-corrected chi connectivity index (χ2v) is 24.9. The van der Waals surface area contributed by atoms with E-state index in [0.717, 1.165) is 153 Å². The van der Waals surface area contributed by atoms with Crippen molar-refractivity contribution < 1.29 is 38.3 Å². The molecule has 2 aromatic heterocycles. The Balaban J connectivity index is 0.000000153. The summed E-state index contributed by atoms with van der Waals surface area (Å²) in [4.78, 5) is 22.4. The van der Waals surface area contributed by atoms with Crippen LogP contribution in [0.15, 0.2) is 146 Å². The summed E-state index contributed by atoms with van der Waals surface area (Å²) >= 11 is 18.8. The lowest BCUT2D eigenvalue weighted by atomic mass is 9.83. The minimum Gasteiger partial charge on any atom is -0.477 e. The van der Waals surface area contributed by atoms with E-state index in [1.54, 1.807) is 0 Å². The zero-order chi connectivity index (χ0) is 62.2. The van der Waals surface area contributed by atoms with E-state index >= 15 is 0 Å². The largest absolute Gasteiger partial charge is 0.477 e. The minimum atomic E-state index is -0.793. The number of hydrogen-bond donors (Lipinski definition) is 1. The Morgan fingerprint density at radius 2 is 0.912 bits per heavy atom. The fourth-order valence-corrected chi connectivity index (χ4v) is 13.6. The van der Waals surface area contributed by atoms with Crippen LogP contribution in [0.3, 0.4) is 0 Å². The highest BCUT2D eigenvalue weighted by molar-refractivity contribution is 6.36. The van der Waals surface area contributed by atoms with Crippen LogP contribution in [0.4, 0.5) is 11.4 Å². The van der Waals surface area contributed by atoms with Crippen LogP contribution in [0.2, 0.25) is 15.7 Å². The summed E-state index contributed by atoms with van der Waals surface area (Å²) in [5, 5.41) is 10.7. The highest BCUT2D eigenvalue weighted by Crippen LogP contribution is 2.48. The Morgan fingerprint density at radius 3 is 1.40 bits per heavy atom. The van der Waals surface area contributed by atoms with E-state index < -0.39 is 11.2 Å². The highest BCUT2D eigenvalue weighted by Gasteiger charge is 2.40. The average Bonchev–Trinajstić information content (AvgIpc) is 0.790. The van der Waals surface area contributed by atoms with Gasteiger partial charge in [0, 0.05) is 109 Å². The van der Waals surface area contributed by atoms with Crippen molar-refractivity contribution in [3.05, 3.63) is 195 Å². The number of aromatic nitrogens is 4. The molecule has 476 valence electrons. The molecule has 0 bridgehead atoms. The number of nitrogens with zero attached hydrogens (tertiary/aromatic N) is 6. The van der Waals surface area contributed by atoms with Crippen molar-refractivity contribution in [3.63, 3.8) is 0 Å². The molecule has 4 fully saturated rings. The van der Waals surface area contributed by atoms with Gasteiger partial charge in [0.2, 0.25) is 16.4 Å². The van der Waals surface area contributed by atoms with E-state index in [0.29, 0.717) is 41.9 Å².